The molecule has 2 aromatic heterocycles. The van der Waals surface area contributed by atoms with Crippen LogP contribution in [-0.4, -0.2) is 46.6 Å². The Morgan fingerprint density at radius 2 is 2.33 bits per heavy atom. The van der Waals surface area contributed by atoms with Gasteiger partial charge in [-0.25, -0.2) is 4.98 Å². The second-order valence-corrected chi connectivity index (χ2v) is 6.00. The topological polar surface area (TPSA) is 58.2 Å². The van der Waals surface area contributed by atoms with Gasteiger partial charge in [0.1, 0.15) is 11.3 Å². The molecule has 0 aliphatic carbocycles. The van der Waals surface area contributed by atoms with E-state index in [9.17, 15) is 4.79 Å². The highest BCUT2D eigenvalue weighted by molar-refractivity contribution is 5.94. The summed E-state index contributed by atoms with van der Waals surface area (Å²) in [5, 5.41) is 1.02. The Bertz CT molecular complexity index is 635. The van der Waals surface area contributed by atoms with Crippen LogP contribution in [0, 0.1) is 5.92 Å². The van der Waals surface area contributed by atoms with Crippen molar-refractivity contribution in [3.05, 3.63) is 30.1 Å². The molecule has 1 aliphatic rings. The molecule has 5 nitrogen and oxygen atoms in total. The summed E-state index contributed by atoms with van der Waals surface area (Å²) in [5.41, 5.74) is 1.25. The van der Waals surface area contributed by atoms with Gasteiger partial charge < -0.3 is 14.6 Å². The van der Waals surface area contributed by atoms with E-state index in [-0.39, 0.29) is 12.0 Å². The Kier molecular flexibility index (Phi) is 3.92. The zero-order chi connectivity index (χ0) is 14.8. The van der Waals surface area contributed by atoms with E-state index in [4.69, 9.17) is 4.74 Å². The van der Waals surface area contributed by atoms with Gasteiger partial charge in [0, 0.05) is 31.3 Å². The van der Waals surface area contributed by atoms with Crippen LogP contribution in [0.3, 0.4) is 0 Å². The summed E-state index contributed by atoms with van der Waals surface area (Å²) in [5.74, 6) is 0.508. The van der Waals surface area contributed by atoms with Crippen molar-refractivity contribution in [2.24, 2.45) is 5.92 Å². The summed E-state index contributed by atoms with van der Waals surface area (Å²) < 4.78 is 5.82. The van der Waals surface area contributed by atoms with E-state index < -0.39 is 0 Å². The van der Waals surface area contributed by atoms with Crippen LogP contribution >= 0.6 is 0 Å². The van der Waals surface area contributed by atoms with Crippen molar-refractivity contribution < 1.29 is 9.53 Å². The fourth-order valence-electron chi connectivity index (χ4n) is 2.59. The number of carbonyl (C=O) groups excluding carboxylic acids is 1. The number of amides is 1. The Balaban J connectivity index is 1.65. The number of aromatic nitrogens is 2. The molecule has 1 N–H and O–H groups in total. The minimum absolute atomic E-state index is 0.0119. The van der Waals surface area contributed by atoms with Crippen LogP contribution in [0.4, 0.5) is 0 Å². The molecule has 1 amide bonds. The van der Waals surface area contributed by atoms with E-state index in [1.54, 1.807) is 6.07 Å². The van der Waals surface area contributed by atoms with E-state index in [1.807, 2.05) is 23.2 Å². The van der Waals surface area contributed by atoms with Gasteiger partial charge in [-0.2, -0.15) is 0 Å². The highest BCUT2D eigenvalue weighted by atomic mass is 16.5. The van der Waals surface area contributed by atoms with Gasteiger partial charge in [-0.05, 0) is 30.5 Å². The highest BCUT2D eigenvalue weighted by Crippen LogP contribution is 2.17. The lowest BCUT2D eigenvalue weighted by molar-refractivity contribution is 0.0395. The quantitative estimate of drug-likeness (QED) is 0.939. The second-order valence-electron chi connectivity index (χ2n) is 6.00. The number of pyridine rings is 1. The number of hydrogen-bond acceptors (Lipinski definition) is 3. The third-order valence-electron chi connectivity index (χ3n) is 3.73. The monoisotopic (exact) mass is 287 g/mol. The molecule has 0 saturated carbocycles. The minimum Gasteiger partial charge on any atom is -0.376 e. The Morgan fingerprint density at radius 3 is 3.14 bits per heavy atom. The summed E-state index contributed by atoms with van der Waals surface area (Å²) in [6, 6.07) is 5.66. The molecule has 1 unspecified atom stereocenters. The third kappa shape index (κ3) is 3.08. The number of hydrogen-bond donors (Lipinski definition) is 1. The first-order chi connectivity index (χ1) is 10.1. The molecule has 1 saturated heterocycles. The van der Waals surface area contributed by atoms with Gasteiger partial charge in [-0.3, -0.25) is 4.79 Å². The lowest BCUT2D eigenvalue weighted by Gasteiger charge is -2.17. The molecule has 0 radical (unpaired) electrons. The van der Waals surface area contributed by atoms with Crippen LogP contribution in [-0.2, 0) is 4.74 Å². The van der Waals surface area contributed by atoms with E-state index in [0.29, 0.717) is 18.2 Å². The standard InChI is InChI=1S/C16H21N3O2/c1-11(2)10-21-13-6-8-19(9-13)16(20)14-4-3-12-5-7-17-15(12)18-14/h3-5,7,11,13H,6,8-10H2,1-2H3,(H,17,18). The lowest BCUT2D eigenvalue weighted by Crippen LogP contribution is -2.31. The largest absolute Gasteiger partial charge is 0.376 e. The van der Waals surface area contributed by atoms with Crippen molar-refractivity contribution in [3.8, 4) is 0 Å². The van der Waals surface area contributed by atoms with Crippen LogP contribution in [0.2, 0.25) is 0 Å². The van der Waals surface area contributed by atoms with Crippen molar-refractivity contribution in [1.82, 2.24) is 14.9 Å². The second kappa shape index (κ2) is 5.85. The summed E-state index contributed by atoms with van der Waals surface area (Å²) in [6.07, 6.45) is 2.89. The first kappa shape index (κ1) is 14.1. The van der Waals surface area contributed by atoms with E-state index in [2.05, 4.69) is 23.8 Å². The van der Waals surface area contributed by atoms with Gasteiger partial charge in [0.05, 0.1) is 6.10 Å². The van der Waals surface area contributed by atoms with Gasteiger partial charge in [-0.1, -0.05) is 13.8 Å². The maximum Gasteiger partial charge on any atom is 0.272 e. The first-order valence-corrected chi connectivity index (χ1v) is 7.48. The van der Waals surface area contributed by atoms with Crippen molar-refractivity contribution in [1.29, 1.82) is 0 Å². The van der Waals surface area contributed by atoms with Gasteiger partial charge in [0.2, 0.25) is 0 Å². The molecule has 1 aliphatic heterocycles. The number of rotatable bonds is 4. The predicted molar refractivity (Wildman–Crippen MR) is 81.2 cm³/mol. The lowest BCUT2D eigenvalue weighted by atomic mass is 10.2. The number of likely N-dealkylation sites (tertiary alicyclic amines) is 1. The van der Waals surface area contributed by atoms with Gasteiger partial charge >= 0.3 is 0 Å². The molecule has 1 atom stereocenters. The maximum absolute atomic E-state index is 12.5. The number of fused-ring (bicyclic) bond motifs is 1. The third-order valence-corrected chi connectivity index (χ3v) is 3.73. The van der Waals surface area contributed by atoms with Crippen molar-refractivity contribution in [3.63, 3.8) is 0 Å². The highest BCUT2D eigenvalue weighted by Gasteiger charge is 2.28. The van der Waals surface area contributed by atoms with Gasteiger partial charge in [-0.15, -0.1) is 0 Å². The van der Waals surface area contributed by atoms with Crippen LogP contribution in [0.15, 0.2) is 24.4 Å². The summed E-state index contributed by atoms with van der Waals surface area (Å²) in [6.45, 7) is 6.42. The predicted octanol–water partition coefficient (Wildman–Crippen LogP) is 2.45. The normalized spacial score (nSPS) is 18.8. The van der Waals surface area contributed by atoms with Crippen molar-refractivity contribution in [2.75, 3.05) is 19.7 Å². The molecular weight excluding hydrogens is 266 g/mol. The van der Waals surface area contributed by atoms with Crippen LogP contribution < -0.4 is 0 Å². The van der Waals surface area contributed by atoms with Gasteiger partial charge in [0.25, 0.3) is 5.91 Å². The van der Waals surface area contributed by atoms with Crippen LogP contribution in [0.1, 0.15) is 30.8 Å². The van der Waals surface area contributed by atoms with Crippen LogP contribution in [0.25, 0.3) is 11.0 Å². The molecule has 112 valence electrons. The molecule has 0 bridgehead atoms. The smallest absolute Gasteiger partial charge is 0.272 e. The summed E-state index contributed by atoms with van der Waals surface area (Å²) in [7, 11) is 0. The Labute approximate surface area is 124 Å². The van der Waals surface area contributed by atoms with Gasteiger partial charge in [0.15, 0.2) is 0 Å². The molecule has 21 heavy (non-hydrogen) atoms. The SMILES string of the molecule is CC(C)COC1CCN(C(=O)c2ccc3cc[nH]c3n2)C1. The summed E-state index contributed by atoms with van der Waals surface area (Å²) >= 11 is 0. The Hall–Kier alpha value is -1.88. The maximum atomic E-state index is 12.5. The van der Waals surface area contributed by atoms with Crippen molar-refractivity contribution >= 4 is 16.9 Å². The van der Waals surface area contributed by atoms with Crippen molar-refractivity contribution in [2.45, 2.75) is 26.4 Å². The number of nitrogens with zero attached hydrogens (tertiary/aromatic N) is 2. The average Bonchev–Trinajstić information content (AvgIpc) is 3.12. The molecule has 0 aromatic carbocycles. The number of ether oxygens (including phenoxy) is 1. The van der Waals surface area contributed by atoms with Crippen LogP contribution in [0.5, 0.6) is 0 Å². The fourth-order valence-corrected chi connectivity index (χ4v) is 2.59. The Morgan fingerprint density at radius 1 is 1.48 bits per heavy atom. The molecule has 1 fully saturated rings. The molecule has 3 rings (SSSR count). The molecule has 3 heterocycles. The zero-order valence-electron chi connectivity index (χ0n) is 12.5. The minimum atomic E-state index is -0.0119. The first-order valence-electron chi connectivity index (χ1n) is 7.48. The summed E-state index contributed by atoms with van der Waals surface area (Å²) in [4.78, 5) is 21.8. The molecule has 0 spiro atoms. The fraction of sp³-hybridized carbons (Fsp3) is 0.500. The molecule has 2 aromatic rings. The van der Waals surface area contributed by atoms with E-state index >= 15 is 0 Å². The number of H-pyrrole nitrogens is 1. The van der Waals surface area contributed by atoms with E-state index in [0.717, 1.165) is 30.6 Å². The van der Waals surface area contributed by atoms with E-state index in [1.165, 1.54) is 0 Å². The number of carbonyl (C=O) groups is 1. The average molecular weight is 287 g/mol. The zero-order valence-corrected chi connectivity index (χ0v) is 12.5. The number of aromatic amines is 1. The molecular formula is C16H21N3O2. The molecule has 5 heteroatoms. The number of nitrogens with one attached hydrogen (secondary N) is 1.